The van der Waals surface area contributed by atoms with Gasteiger partial charge in [-0.1, -0.05) is 19.1 Å². The van der Waals surface area contributed by atoms with Gasteiger partial charge in [0.2, 0.25) is 0 Å². The minimum absolute atomic E-state index is 0.400. The maximum atomic E-state index is 9.36. The first-order valence-corrected chi connectivity index (χ1v) is 5.10. The fourth-order valence-electron chi connectivity index (χ4n) is 2.10. The molecule has 1 heteroatoms. The van der Waals surface area contributed by atoms with Crippen LogP contribution in [0.4, 0.5) is 0 Å². The van der Waals surface area contributed by atoms with Gasteiger partial charge < -0.3 is 5.11 Å². The van der Waals surface area contributed by atoms with E-state index in [1.54, 1.807) is 6.07 Å². The molecular weight excluding hydrogens is 160 g/mol. The molecule has 2 rings (SSSR count). The van der Waals surface area contributed by atoms with E-state index >= 15 is 0 Å². The Kier molecular flexibility index (Phi) is 2.26. The predicted molar refractivity (Wildman–Crippen MR) is 53.9 cm³/mol. The average Bonchev–Trinajstić information content (AvgIpc) is 2.90. The number of rotatable bonds is 3. The van der Waals surface area contributed by atoms with Crippen molar-refractivity contribution in [3.63, 3.8) is 0 Å². The van der Waals surface area contributed by atoms with Gasteiger partial charge in [0, 0.05) is 0 Å². The topological polar surface area (TPSA) is 20.2 Å². The molecule has 1 aromatic rings. The van der Waals surface area contributed by atoms with Crippen molar-refractivity contribution in [3.8, 4) is 5.75 Å². The summed E-state index contributed by atoms with van der Waals surface area (Å²) in [5.74, 6) is 1.95. The van der Waals surface area contributed by atoms with Crippen molar-refractivity contribution in [2.75, 3.05) is 0 Å². The van der Waals surface area contributed by atoms with Crippen LogP contribution in [0.3, 0.4) is 0 Å². The van der Waals surface area contributed by atoms with Gasteiger partial charge in [0.15, 0.2) is 0 Å². The molecule has 1 aliphatic rings. The lowest BCUT2D eigenvalue weighted by Crippen LogP contribution is -1.98. The molecule has 13 heavy (non-hydrogen) atoms. The number of phenols is 1. The smallest absolute Gasteiger partial charge is 0.115 e. The van der Waals surface area contributed by atoms with Crippen molar-refractivity contribution in [2.45, 2.75) is 32.1 Å². The lowest BCUT2D eigenvalue weighted by atomic mass is 9.92. The van der Waals surface area contributed by atoms with E-state index in [0.717, 1.165) is 5.92 Å². The molecule has 1 fully saturated rings. The maximum Gasteiger partial charge on any atom is 0.115 e. The molecule has 0 aliphatic heterocycles. The molecule has 0 saturated heterocycles. The highest BCUT2D eigenvalue weighted by atomic mass is 16.3. The van der Waals surface area contributed by atoms with Gasteiger partial charge in [-0.15, -0.1) is 0 Å². The van der Waals surface area contributed by atoms with Crippen molar-refractivity contribution in [1.29, 1.82) is 0 Å². The van der Waals surface area contributed by atoms with Crippen molar-refractivity contribution in [1.82, 2.24) is 0 Å². The second-order valence-corrected chi connectivity index (χ2v) is 3.95. The van der Waals surface area contributed by atoms with Gasteiger partial charge in [0.05, 0.1) is 0 Å². The summed E-state index contributed by atoms with van der Waals surface area (Å²) >= 11 is 0. The Labute approximate surface area is 79.4 Å². The summed E-state index contributed by atoms with van der Waals surface area (Å²) in [5, 5.41) is 9.36. The van der Waals surface area contributed by atoms with Crippen molar-refractivity contribution < 1.29 is 5.11 Å². The highest BCUT2D eigenvalue weighted by molar-refractivity contribution is 5.30. The van der Waals surface area contributed by atoms with E-state index in [1.807, 2.05) is 12.1 Å². The first-order chi connectivity index (χ1) is 6.31. The molecule has 0 heterocycles. The quantitative estimate of drug-likeness (QED) is 0.749. The lowest BCUT2D eigenvalue weighted by Gasteiger charge is -2.14. The predicted octanol–water partition coefficient (Wildman–Crippen LogP) is 3.30. The van der Waals surface area contributed by atoms with Crippen LogP contribution >= 0.6 is 0 Å². The summed E-state index contributed by atoms with van der Waals surface area (Å²) in [6, 6.07) is 7.72. The molecule has 0 aromatic heterocycles. The Hall–Kier alpha value is -0.980. The molecule has 1 aliphatic carbocycles. The summed E-state index contributed by atoms with van der Waals surface area (Å²) < 4.78 is 0. The SMILES string of the molecule is CCC(c1cccc(O)c1)C1CC1. The van der Waals surface area contributed by atoms with Crippen LogP contribution in [0.25, 0.3) is 0 Å². The Morgan fingerprint density at radius 1 is 1.46 bits per heavy atom. The maximum absolute atomic E-state index is 9.36. The molecule has 0 bridgehead atoms. The van der Waals surface area contributed by atoms with Crippen LogP contribution in [0.15, 0.2) is 24.3 Å². The van der Waals surface area contributed by atoms with E-state index in [2.05, 4.69) is 13.0 Å². The lowest BCUT2D eigenvalue weighted by molar-refractivity contribution is 0.472. The first-order valence-electron chi connectivity index (χ1n) is 5.10. The monoisotopic (exact) mass is 176 g/mol. The minimum Gasteiger partial charge on any atom is -0.508 e. The van der Waals surface area contributed by atoms with E-state index < -0.39 is 0 Å². The first kappa shape index (κ1) is 8.61. The molecule has 1 nitrogen and oxygen atoms in total. The number of hydrogen-bond donors (Lipinski definition) is 1. The van der Waals surface area contributed by atoms with E-state index in [-0.39, 0.29) is 0 Å². The molecule has 70 valence electrons. The Morgan fingerprint density at radius 3 is 2.77 bits per heavy atom. The Morgan fingerprint density at radius 2 is 2.23 bits per heavy atom. The van der Waals surface area contributed by atoms with Crippen molar-refractivity contribution >= 4 is 0 Å². The minimum atomic E-state index is 0.400. The summed E-state index contributed by atoms with van der Waals surface area (Å²) in [4.78, 5) is 0. The molecule has 1 aromatic carbocycles. The fourth-order valence-corrected chi connectivity index (χ4v) is 2.10. The molecular formula is C12H16O. The van der Waals surface area contributed by atoms with Crippen LogP contribution in [0.2, 0.25) is 0 Å². The van der Waals surface area contributed by atoms with Crippen LogP contribution in [0.1, 0.15) is 37.7 Å². The van der Waals surface area contributed by atoms with Gasteiger partial charge in [-0.3, -0.25) is 0 Å². The van der Waals surface area contributed by atoms with Gasteiger partial charge in [-0.25, -0.2) is 0 Å². The highest BCUT2D eigenvalue weighted by Gasteiger charge is 2.30. The van der Waals surface area contributed by atoms with Crippen molar-refractivity contribution in [2.24, 2.45) is 5.92 Å². The largest absolute Gasteiger partial charge is 0.508 e. The van der Waals surface area contributed by atoms with Gasteiger partial charge in [0.1, 0.15) is 5.75 Å². The second-order valence-electron chi connectivity index (χ2n) is 3.95. The third-order valence-electron chi connectivity index (χ3n) is 2.93. The Balaban J connectivity index is 2.21. The zero-order valence-corrected chi connectivity index (χ0v) is 8.03. The standard InChI is InChI=1S/C12H16O/c1-2-12(9-6-7-9)10-4-3-5-11(13)8-10/h3-5,8-9,12-13H,2,6-7H2,1H3. The van der Waals surface area contributed by atoms with Gasteiger partial charge in [0.25, 0.3) is 0 Å². The van der Waals surface area contributed by atoms with Gasteiger partial charge >= 0.3 is 0 Å². The number of aromatic hydroxyl groups is 1. The van der Waals surface area contributed by atoms with E-state index in [1.165, 1.54) is 24.8 Å². The number of hydrogen-bond acceptors (Lipinski definition) is 1. The van der Waals surface area contributed by atoms with Crippen LogP contribution in [0.5, 0.6) is 5.75 Å². The Bertz CT molecular complexity index is 289. The number of benzene rings is 1. The van der Waals surface area contributed by atoms with E-state index in [0.29, 0.717) is 11.7 Å². The van der Waals surface area contributed by atoms with Crippen LogP contribution in [0, 0.1) is 5.92 Å². The molecule has 1 atom stereocenters. The zero-order chi connectivity index (χ0) is 9.26. The van der Waals surface area contributed by atoms with Crippen LogP contribution in [-0.4, -0.2) is 5.11 Å². The highest BCUT2D eigenvalue weighted by Crippen LogP contribution is 2.44. The van der Waals surface area contributed by atoms with E-state index in [9.17, 15) is 5.11 Å². The van der Waals surface area contributed by atoms with Crippen LogP contribution < -0.4 is 0 Å². The summed E-state index contributed by atoms with van der Waals surface area (Å²) in [5.41, 5.74) is 1.31. The van der Waals surface area contributed by atoms with E-state index in [4.69, 9.17) is 0 Å². The molecule has 1 unspecified atom stereocenters. The average molecular weight is 176 g/mol. The van der Waals surface area contributed by atoms with Gasteiger partial charge in [-0.05, 0) is 48.8 Å². The normalized spacial score (nSPS) is 18.5. The summed E-state index contributed by atoms with van der Waals surface area (Å²) in [7, 11) is 0. The second kappa shape index (κ2) is 3.41. The number of phenolic OH excluding ortho intramolecular Hbond substituents is 1. The molecule has 0 radical (unpaired) electrons. The third kappa shape index (κ3) is 1.85. The summed E-state index contributed by atoms with van der Waals surface area (Å²) in [6.07, 6.45) is 3.93. The molecule has 1 N–H and O–H groups in total. The fraction of sp³-hybridized carbons (Fsp3) is 0.500. The van der Waals surface area contributed by atoms with Crippen molar-refractivity contribution in [3.05, 3.63) is 29.8 Å². The molecule has 1 saturated carbocycles. The third-order valence-corrected chi connectivity index (χ3v) is 2.93. The molecule has 0 amide bonds. The molecule has 0 spiro atoms. The van der Waals surface area contributed by atoms with Gasteiger partial charge in [-0.2, -0.15) is 0 Å². The van der Waals surface area contributed by atoms with Crippen LogP contribution in [-0.2, 0) is 0 Å². The summed E-state index contributed by atoms with van der Waals surface area (Å²) in [6.45, 7) is 2.23. The zero-order valence-electron chi connectivity index (χ0n) is 8.03.